The molecular formula is C16H22O4S. The molecule has 0 aliphatic rings. The maximum absolute atomic E-state index is 12.2. The van der Waals surface area contributed by atoms with Crippen LogP contribution >= 0.6 is 0 Å². The van der Waals surface area contributed by atoms with Crippen LogP contribution in [0.25, 0.3) is 0 Å². The first-order valence-electron chi connectivity index (χ1n) is 6.89. The molecule has 1 atom stereocenters. The predicted octanol–water partition coefficient (Wildman–Crippen LogP) is 2.40. The van der Waals surface area contributed by atoms with Crippen molar-refractivity contribution in [1.82, 2.24) is 0 Å². The van der Waals surface area contributed by atoms with Crippen LogP contribution in [0.3, 0.4) is 0 Å². The monoisotopic (exact) mass is 310 g/mol. The average Bonchev–Trinajstić information content (AvgIpc) is 2.41. The van der Waals surface area contributed by atoms with E-state index in [-0.39, 0.29) is 18.1 Å². The number of Topliss-reactive ketones (excluding diaryl/α,β-unsaturated/α-hetero) is 1. The molecule has 0 fully saturated rings. The Morgan fingerprint density at radius 1 is 1.24 bits per heavy atom. The van der Waals surface area contributed by atoms with E-state index in [1.165, 1.54) is 13.8 Å². The van der Waals surface area contributed by atoms with Gasteiger partial charge in [0.25, 0.3) is 0 Å². The van der Waals surface area contributed by atoms with E-state index >= 15 is 0 Å². The van der Waals surface area contributed by atoms with Crippen LogP contribution in [0, 0.1) is 12.3 Å². The van der Waals surface area contributed by atoms with Crippen LogP contribution in [0.1, 0.15) is 31.9 Å². The molecule has 0 aliphatic heterocycles. The van der Waals surface area contributed by atoms with Gasteiger partial charge in [-0.1, -0.05) is 24.3 Å². The van der Waals surface area contributed by atoms with Crippen LogP contribution in [0.4, 0.5) is 0 Å². The summed E-state index contributed by atoms with van der Waals surface area (Å²) >= 11 is 0. The quantitative estimate of drug-likeness (QED) is 0.573. The summed E-state index contributed by atoms with van der Waals surface area (Å²) < 4.78 is 17.0. The normalized spacial score (nSPS) is 12.8. The fourth-order valence-electron chi connectivity index (χ4n) is 1.75. The summed E-state index contributed by atoms with van der Waals surface area (Å²) in [6.07, 6.45) is 0. The van der Waals surface area contributed by atoms with E-state index in [1.807, 2.05) is 31.2 Å². The zero-order chi connectivity index (χ0) is 16.0. The number of hydrogen-bond donors (Lipinski definition) is 0. The van der Waals surface area contributed by atoms with Crippen molar-refractivity contribution in [3.05, 3.63) is 35.4 Å². The molecule has 1 rings (SSSR count). The van der Waals surface area contributed by atoms with Gasteiger partial charge in [-0.2, -0.15) is 0 Å². The Morgan fingerprint density at radius 2 is 1.86 bits per heavy atom. The molecule has 0 aliphatic carbocycles. The third kappa shape index (κ3) is 4.77. The third-order valence-electron chi connectivity index (χ3n) is 3.35. The fraction of sp³-hybridized carbons (Fsp3) is 0.500. The van der Waals surface area contributed by atoms with Crippen LogP contribution < -0.4 is 0 Å². The molecule has 0 heterocycles. The van der Waals surface area contributed by atoms with Crippen LogP contribution in [-0.4, -0.2) is 28.3 Å². The van der Waals surface area contributed by atoms with Gasteiger partial charge in [0.2, 0.25) is 0 Å². The third-order valence-corrected chi connectivity index (χ3v) is 4.57. The van der Waals surface area contributed by atoms with Gasteiger partial charge >= 0.3 is 5.97 Å². The number of esters is 1. The summed E-state index contributed by atoms with van der Waals surface area (Å²) in [5.41, 5.74) is 0.748. The molecule has 0 spiro atoms. The number of hydrogen-bond acceptors (Lipinski definition) is 4. The molecule has 0 radical (unpaired) electrons. The molecule has 0 saturated carbocycles. The zero-order valence-corrected chi connectivity index (χ0v) is 13.8. The number of carbonyl (C=O) groups is 2. The molecule has 0 amide bonds. The van der Waals surface area contributed by atoms with E-state index in [4.69, 9.17) is 4.74 Å². The topological polar surface area (TPSA) is 60.4 Å². The lowest BCUT2D eigenvalue weighted by atomic mass is 9.89. The van der Waals surface area contributed by atoms with Gasteiger partial charge in [-0.15, -0.1) is 0 Å². The highest BCUT2D eigenvalue weighted by Gasteiger charge is 2.37. The number of rotatable bonds is 7. The molecule has 0 N–H and O–H groups in total. The predicted molar refractivity (Wildman–Crippen MR) is 83.3 cm³/mol. The summed E-state index contributed by atoms with van der Waals surface area (Å²) in [5, 5.41) is 0. The van der Waals surface area contributed by atoms with Crippen molar-refractivity contribution in [1.29, 1.82) is 0 Å². The van der Waals surface area contributed by atoms with Gasteiger partial charge in [0, 0.05) is 16.6 Å². The van der Waals surface area contributed by atoms with E-state index in [0.29, 0.717) is 5.75 Å². The standard InChI is InChI=1S/C16H22O4S/c1-5-20-15(18)16(3,4)14(17)11-21(19)10-13-9-7-6-8-12(13)2/h6-9H,5,10-11H2,1-4H3. The average molecular weight is 310 g/mol. The molecule has 21 heavy (non-hydrogen) atoms. The van der Waals surface area contributed by atoms with Crippen molar-refractivity contribution < 1.29 is 18.5 Å². The maximum Gasteiger partial charge on any atom is 0.319 e. The minimum absolute atomic E-state index is 0.139. The molecule has 5 heteroatoms. The van der Waals surface area contributed by atoms with Crippen molar-refractivity contribution >= 4 is 22.6 Å². The van der Waals surface area contributed by atoms with Crippen molar-refractivity contribution in [2.24, 2.45) is 5.41 Å². The van der Waals surface area contributed by atoms with Gasteiger partial charge in [-0.25, -0.2) is 0 Å². The lowest BCUT2D eigenvalue weighted by Crippen LogP contribution is -2.38. The largest absolute Gasteiger partial charge is 0.465 e. The molecule has 0 saturated heterocycles. The smallest absolute Gasteiger partial charge is 0.319 e. The minimum atomic E-state index is -1.34. The van der Waals surface area contributed by atoms with Crippen molar-refractivity contribution in [3.63, 3.8) is 0 Å². The summed E-state index contributed by atoms with van der Waals surface area (Å²) in [6.45, 7) is 6.88. The van der Waals surface area contributed by atoms with Crippen LogP contribution in [0.15, 0.2) is 24.3 Å². The van der Waals surface area contributed by atoms with Crippen molar-refractivity contribution in [2.75, 3.05) is 12.4 Å². The second-order valence-electron chi connectivity index (χ2n) is 5.42. The van der Waals surface area contributed by atoms with Gasteiger partial charge in [-0.3, -0.25) is 13.8 Å². The van der Waals surface area contributed by atoms with E-state index < -0.39 is 22.2 Å². The molecule has 0 bridgehead atoms. The summed E-state index contributed by atoms with van der Waals surface area (Å²) in [5.74, 6) is -0.743. The van der Waals surface area contributed by atoms with Crippen LogP contribution in [0.2, 0.25) is 0 Å². The van der Waals surface area contributed by atoms with E-state index in [1.54, 1.807) is 6.92 Å². The van der Waals surface area contributed by atoms with Gasteiger partial charge < -0.3 is 4.74 Å². The first-order chi connectivity index (χ1) is 9.78. The Hall–Kier alpha value is -1.49. The molecular weight excluding hydrogens is 288 g/mol. The number of carbonyl (C=O) groups excluding carboxylic acids is 2. The molecule has 1 aromatic rings. The second-order valence-corrected chi connectivity index (χ2v) is 6.88. The highest BCUT2D eigenvalue weighted by Crippen LogP contribution is 2.20. The highest BCUT2D eigenvalue weighted by atomic mass is 32.2. The molecule has 1 unspecified atom stereocenters. The van der Waals surface area contributed by atoms with E-state index in [0.717, 1.165) is 11.1 Å². The van der Waals surface area contributed by atoms with Crippen LogP contribution in [0.5, 0.6) is 0 Å². The van der Waals surface area contributed by atoms with E-state index in [2.05, 4.69) is 0 Å². The number of benzene rings is 1. The summed E-state index contributed by atoms with van der Waals surface area (Å²) in [4.78, 5) is 23.9. The first kappa shape index (κ1) is 17.6. The second kappa shape index (κ2) is 7.50. The maximum atomic E-state index is 12.2. The van der Waals surface area contributed by atoms with Crippen molar-refractivity contribution in [2.45, 2.75) is 33.4 Å². The number of ether oxygens (including phenoxy) is 1. The zero-order valence-electron chi connectivity index (χ0n) is 13.0. The minimum Gasteiger partial charge on any atom is -0.465 e. The number of aryl methyl sites for hydroxylation is 1. The molecule has 0 aromatic heterocycles. The van der Waals surface area contributed by atoms with Gasteiger partial charge in [0.05, 0.1) is 12.4 Å². The number of ketones is 1. The van der Waals surface area contributed by atoms with Crippen molar-refractivity contribution in [3.8, 4) is 0 Å². The Balaban J connectivity index is 2.68. The van der Waals surface area contributed by atoms with Gasteiger partial charge in [0.15, 0.2) is 5.78 Å². The fourth-order valence-corrected chi connectivity index (χ4v) is 3.17. The Labute approximate surface area is 128 Å². The Bertz CT molecular complexity index is 549. The Kier molecular flexibility index (Phi) is 6.27. The molecule has 1 aromatic carbocycles. The van der Waals surface area contributed by atoms with E-state index in [9.17, 15) is 13.8 Å². The lowest BCUT2D eigenvalue weighted by Gasteiger charge is -2.20. The SMILES string of the molecule is CCOC(=O)C(C)(C)C(=O)CS(=O)Cc1ccccc1C. The summed E-state index contributed by atoms with van der Waals surface area (Å²) in [7, 11) is -1.34. The lowest BCUT2D eigenvalue weighted by molar-refractivity contribution is -0.157. The van der Waals surface area contributed by atoms with Crippen LogP contribution in [-0.2, 0) is 30.9 Å². The first-order valence-corrected chi connectivity index (χ1v) is 8.37. The van der Waals surface area contributed by atoms with Gasteiger partial charge in [-0.05, 0) is 38.8 Å². The Morgan fingerprint density at radius 3 is 2.43 bits per heavy atom. The molecule has 4 nitrogen and oxygen atoms in total. The summed E-state index contributed by atoms with van der Waals surface area (Å²) in [6, 6.07) is 7.63. The molecule has 116 valence electrons. The highest BCUT2D eigenvalue weighted by molar-refractivity contribution is 7.84. The van der Waals surface area contributed by atoms with Gasteiger partial charge in [0.1, 0.15) is 5.41 Å².